The first-order chi connectivity index (χ1) is 11.4. The predicted molar refractivity (Wildman–Crippen MR) is 91.2 cm³/mol. The van der Waals surface area contributed by atoms with Crippen LogP contribution >= 0.6 is 0 Å². The first kappa shape index (κ1) is 18.9. The van der Waals surface area contributed by atoms with Gasteiger partial charge in [-0.3, -0.25) is 4.79 Å². The second-order valence-corrected chi connectivity index (χ2v) is 8.13. The van der Waals surface area contributed by atoms with Crippen LogP contribution in [-0.4, -0.2) is 38.3 Å². The number of amides is 1. The van der Waals surface area contributed by atoms with Crippen LogP contribution < -0.4 is 5.32 Å². The lowest BCUT2D eigenvalue weighted by atomic mass is 9.97. The zero-order valence-electron chi connectivity index (χ0n) is 14.0. The number of halogens is 1. The highest BCUT2D eigenvalue weighted by Crippen LogP contribution is 2.22. The van der Waals surface area contributed by atoms with Crippen LogP contribution in [0.4, 0.5) is 4.39 Å². The molecule has 7 heteroatoms. The number of hydrogen-bond donors (Lipinski definition) is 1. The van der Waals surface area contributed by atoms with E-state index in [2.05, 4.69) is 12.2 Å². The number of piperidine rings is 1. The van der Waals surface area contributed by atoms with E-state index in [0.29, 0.717) is 32.5 Å². The molecule has 1 N–H and O–H groups in total. The smallest absolute Gasteiger partial charge is 0.223 e. The van der Waals surface area contributed by atoms with E-state index in [1.54, 1.807) is 6.07 Å². The molecule has 5 nitrogen and oxygen atoms in total. The van der Waals surface area contributed by atoms with Gasteiger partial charge in [-0.05, 0) is 25.3 Å². The molecule has 1 aromatic rings. The SMILES string of the molecule is CCCCNC(=O)C1CCN(S(=O)(=O)Cc2ccccc2F)CC1. The molecule has 0 aliphatic carbocycles. The van der Waals surface area contributed by atoms with Gasteiger partial charge in [0.2, 0.25) is 15.9 Å². The Morgan fingerprint density at radius 3 is 2.58 bits per heavy atom. The van der Waals surface area contributed by atoms with E-state index in [9.17, 15) is 17.6 Å². The van der Waals surface area contributed by atoms with Crippen molar-refractivity contribution in [3.8, 4) is 0 Å². The summed E-state index contributed by atoms with van der Waals surface area (Å²) >= 11 is 0. The molecule has 0 radical (unpaired) electrons. The van der Waals surface area contributed by atoms with Crippen LogP contribution in [0.1, 0.15) is 38.2 Å². The van der Waals surface area contributed by atoms with Gasteiger partial charge >= 0.3 is 0 Å². The number of unbranched alkanes of at least 4 members (excludes halogenated alkanes) is 1. The molecule has 0 bridgehead atoms. The van der Waals surface area contributed by atoms with Crippen LogP contribution in [0.25, 0.3) is 0 Å². The fourth-order valence-electron chi connectivity index (χ4n) is 2.83. The molecule has 2 rings (SSSR count). The number of benzene rings is 1. The lowest BCUT2D eigenvalue weighted by Crippen LogP contribution is -2.43. The second-order valence-electron chi connectivity index (χ2n) is 6.17. The van der Waals surface area contributed by atoms with Crippen LogP contribution in [-0.2, 0) is 20.6 Å². The topological polar surface area (TPSA) is 66.5 Å². The number of rotatable bonds is 7. The number of hydrogen-bond acceptors (Lipinski definition) is 3. The molecule has 0 unspecified atom stereocenters. The standard InChI is InChI=1S/C17H25FN2O3S/c1-2-3-10-19-17(21)14-8-11-20(12-9-14)24(22,23)13-15-6-4-5-7-16(15)18/h4-7,14H,2-3,8-13H2,1H3,(H,19,21). The molecule has 1 aliphatic rings. The van der Waals surface area contributed by atoms with Crippen molar-refractivity contribution in [1.82, 2.24) is 9.62 Å². The monoisotopic (exact) mass is 356 g/mol. The van der Waals surface area contributed by atoms with Gasteiger partial charge in [0.1, 0.15) is 5.82 Å². The minimum Gasteiger partial charge on any atom is -0.356 e. The maximum absolute atomic E-state index is 13.7. The third kappa shape index (κ3) is 5.01. The van der Waals surface area contributed by atoms with Crippen molar-refractivity contribution in [2.24, 2.45) is 5.92 Å². The summed E-state index contributed by atoms with van der Waals surface area (Å²) < 4.78 is 39.9. The Bertz CT molecular complexity index is 656. The highest BCUT2D eigenvalue weighted by molar-refractivity contribution is 7.88. The van der Waals surface area contributed by atoms with Crippen LogP contribution in [0.2, 0.25) is 0 Å². The zero-order chi connectivity index (χ0) is 17.6. The van der Waals surface area contributed by atoms with Gasteiger partial charge in [0.05, 0.1) is 5.75 Å². The molecule has 24 heavy (non-hydrogen) atoms. The molecule has 0 saturated carbocycles. The number of carbonyl (C=O) groups is 1. The van der Waals surface area contributed by atoms with Crippen molar-refractivity contribution in [1.29, 1.82) is 0 Å². The van der Waals surface area contributed by atoms with E-state index in [1.165, 1.54) is 22.5 Å². The molecule has 1 heterocycles. The molecule has 1 aromatic carbocycles. The van der Waals surface area contributed by atoms with Gasteiger partial charge in [-0.15, -0.1) is 0 Å². The summed E-state index contributed by atoms with van der Waals surface area (Å²) in [5, 5.41) is 2.90. The molecule has 0 atom stereocenters. The van der Waals surface area contributed by atoms with E-state index in [-0.39, 0.29) is 23.1 Å². The minimum atomic E-state index is -3.57. The molecule has 0 spiro atoms. The third-order valence-electron chi connectivity index (χ3n) is 4.34. The first-order valence-corrected chi connectivity index (χ1v) is 10.0. The summed E-state index contributed by atoms with van der Waals surface area (Å²) in [6, 6.07) is 5.91. The highest BCUT2D eigenvalue weighted by Gasteiger charge is 2.31. The number of nitrogens with zero attached hydrogens (tertiary/aromatic N) is 1. The van der Waals surface area contributed by atoms with Gasteiger partial charge in [0.15, 0.2) is 0 Å². The third-order valence-corrected chi connectivity index (χ3v) is 6.17. The Labute approximate surface area is 143 Å². The van der Waals surface area contributed by atoms with Gasteiger partial charge in [-0.1, -0.05) is 31.5 Å². The summed E-state index contributed by atoms with van der Waals surface area (Å²) in [7, 11) is -3.57. The number of carbonyl (C=O) groups excluding carboxylic acids is 1. The lowest BCUT2D eigenvalue weighted by molar-refractivity contribution is -0.126. The van der Waals surface area contributed by atoms with Gasteiger partial charge in [-0.25, -0.2) is 17.1 Å². The second kappa shape index (κ2) is 8.58. The van der Waals surface area contributed by atoms with E-state index in [1.807, 2.05) is 0 Å². The van der Waals surface area contributed by atoms with Gasteiger partial charge in [0.25, 0.3) is 0 Å². The van der Waals surface area contributed by atoms with Crippen molar-refractivity contribution in [2.75, 3.05) is 19.6 Å². The summed E-state index contributed by atoms with van der Waals surface area (Å²) in [6.45, 7) is 3.34. The Morgan fingerprint density at radius 2 is 1.96 bits per heavy atom. The maximum Gasteiger partial charge on any atom is 0.223 e. The Balaban J connectivity index is 1.89. The summed E-state index contributed by atoms with van der Waals surface area (Å²) in [5.74, 6) is -0.977. The van der Waals surface area contributed by atoms with E-state index in [0.717, 1.165) is 12.8 Å². The molecule has 1 fully saturated rings. The van der Waals surface area contributed by atoms with E-state index in [4.69, 9.17) is 0 Å². The van der Waals surface area contributed by atoms with Crippen molar-refractivity contribution < 1.29 is 17.6 Å². The fourth-order valence-corrected chi connectivity index (χ4v) is 4.41. The molecule has 1 saturated heterocycles. The average molecular weight is 356 g/mol. The maximum atomic E-state index is 13.7. The predicted octanol–water partition coefficient (Wildman–Crippen LogP) is 2.28. The van der Waals surface area contributed by atoms with Crippen LogP contribution in [0.15, 0.2) is 24.3 Å². The van der Waals surface area contributed by atoms with Crippen LogP contribution in [0, 0.1) is 11.7 Å². The first-order valence-electron chi connectivity index (χ1n) is 8.43. The van der Waals surface area contributed by atoms with E-state index < -0.39 is 15.8 Å². The number of nitrogens with one attached hydrogen (secondary N) is 1. The Hall–Kier alpha value is -1.47. The highest BCUT2D eigenvalue weighted by atomic mass is 32.2. The normalized spacial score (nSPS) is 16.9. The summed E-state index contributed by atoms with van der Waals surface area (Å²) in [4.78, 5) is 12.0. The Kier molecular flexibility index (Phi) is 6.74. The van der Waals surface area contributed by atoms with Crippen LogP contribution in [0.5, 0.6) is 0 Å². The minimum absolute atomic E-state index is 0.00889. The largest absolute Gasteiger partial charge is 0.356 e. The number of sulfonamides is 1. The fraction of sp³-hybridized carbons (Fsp3) is 0.588. The van der Waals surface area contributed by atoms with E-state index >= 15 is 0 Å². The van der Waals surface area contributed by atoms with Crippen LogP contribution in [0.3, 0.4) is 0 Å². The molecule has 1 aliphatic heterocycles. The summed E-state index contributed by atoms with van der Waals surface area (Å²) in [6.07, 6.45) is 2.98. The lowest BCUT2D eigenvalue weighted by Gasteiger charge is -2.30. The van der Waals surface area contributed by atoms with Gasteiger partial charge < -0.3 is 5.32 Å². The molecular weight excluding hydrogens is 331 g/mol. The van der Waals surface area contributed by atoms with Crippen molar-refractivity contribution in [3.63, 3.8) is 0 Å². The average Bonchev–Trinajstić information content (AvgIpc) is 2.57. The zero-order valence-corrected chi connectivity index (χ0v) is 14.8. The van der Waals surface area contributed by atoms with Crippen molar-refractivity contribution in [3.05, 3.63) is 35.6 Å². The molecule has 1 amide bonds. The molecule has 0 aromatic heterocycles. The van der Waals surface area contributed by atoms with Crippen molar-refractivity contribution >= 4 is 15.9 Å². The molecular formula is C17H25FN2O3S. The van der Waals surface area contributed by atoms with Gasteiger partial charge in [-0.2, -0.15) is 0 Å². The Morgan fingerprint density at radius 1 is 1.29 bits per heavy atom. The van der Waals surface area contributed by atoms with Crippen molar-refractivity contribution in [2.45, 2.75) is 38.4 Å². The quantitative estimate of drug-likeness (QED) is 0.762. The summed E-state index contributed by atoms with van der Waals surface area (Å²) in [5.41, 5.74) is 0.178. The van der Waals surface area contributed by atoms with Gasteiger partial charge in [0, 0.05) is 31.1 Å². The molecule has 134 valence electrons.